The molecular formula is C14H20ClNO3. The molecule has 0 aliphatic heterocycles. The topological polar surface area (TPSA) is 69.6 Å². The third kappa shape index (κ3) is 4.49. The number of aryl methyl sites for hydroxylation is 1. The lowest BCUT2D eigenvalue weighted by Gasteiger charge is -2.32. The monoisotopic (exact) mass is 285 g/mol. The van der Waals surface area contributed by atoms with Crippen molar-refractivity contribution >= 4 is 17.5 Å². The maximum Gasteiger partial charge on any atom is 0.217 e. The van der Waals surface area contributed by atoms with Crippen LogP contribution in [0.15, 0.2) is 24.3 Å². The zero-order valence-corrected chi connectivity index (χ0v) is 11.9. The highest BCUT2D eigenvalue weighted by Gasteiger charge is 2.32. The molecule has 0 spiro atoms. The zero-order chi connectivity index (χ0) is 14.5. The maximum atomic E-state index is 11.2. The Bertz CT molecular complexity index is 415. The lowest BCUT2D eigenvalue weighted by molar-refractivity contribution is -0.122. The summed E-state index contributed by atoms with van der Waals surface area (Å²) in [6.07, 6.45) is 0.254. The van der Waals surface area contributed by atoms with Gasteiger partial charge in [-0.05, 0) is 18.9 Å². The van der Waals surface area contributed by atoms with E-state index in [1.165, 1.54) is 6.92 Å². The summed E-state index contributed by atoms with van der Waals surface area (Å²) in [5.41, 5.74) is 0.928. The fourth-order valence-corrected chi connectivity index (χ4v) is 2.36. The molecule has 19 heavy (non-hydrogen) atoms. The molecule has 106 valence electrons. The van der Waals surface area contributed by atoms with E-state index in [2.05, 4.69) is 5.32 Å². The number of carbonyl (C=O) groups is 1. The zero-order valence-electron chi connectivity index (χ0n) is 11.2. The lowest BCUT2D eigenvalue weighted by atomic mass is 9.92. The Hall–Kier alpha value is -1.10. The third-order valence-electron chi connectivity index (χ3n) is 3.06. The molecule has 0 heterocycles. The van der Waals surface area contributed by atoms with Gasteiger partial charge in [-0.15, -0.1) is 11.6 Å². The molecule has 0 aromatic heterocycles. The van der Waals surface area contributed by atoms with Crippen molar-refractivity contribution < 1.29 is 15.0 Å². The van der Waals surface area contributed by atoms with Crippen LogP contribution in [0.4, 0.5) is 0 Å². The van der Waals surface area contributed by atoms with Gasteiger partial charge in [-0.3, -0.25) is 4.79 Å². The Labute approximate surface area is 118 Å². The number of aliphatic hydroxyl groups is 2. The Morgan fingerprint density at radius 2 is 1.84 bits per heavy atom. The Morgan fingerprint density at radius 3 is 2.26 bits per heavy atom. The van der Waals surface area contributed by atoms with Crippen LogP contribution in [0.5, 0.6) is 0 Å². The predicted molar refractivity (Wildman–Crippen MR) is 75.1 cm³/mol. The van der Waals surface area contributed by atoms with E-state index >= 15 is 0 Å². The standard InChI is InChI=1S/C14H20ClNO3/c1-10-3-5-12(6-4-10)13(15)7-14(8-17,9-18)16-11(2)19/h3-6,13,17-18H,7-9H2,1-2H3,(H,16,19). The summed E-state index contributed by atoms with van der Waals surface area (Å²) in [6.45, 7) is 2.60. The minimum atomic E-state index is -1.09. The van der Waals surface area contributed by atoms with Crippen LogP contribution in [0.25, 0.3) is 0 Å². The number of hydrogen-bond donors (Lipinski definition) is 3. The predicted octanol–water partition coefficient (Wildman–Crippen LogP) is 1.52. The Morgan fingerprint density at radius 1 is 1.32 bits per heavy atom. The van der Waals surface area contributed by atoms with Crippen molar-refractivity contribution in [3.8, 4) is 0 Å². The Kier molecular flexibility index (Phi) is 5.79. The summed E-state index contributed by atoms with van der Waals surface area (Å²) in [7, 11) is 0. The third-order valence-corrected chi connectivity index (χ3v) is 3.46. The summed E-state index contributed by atoms with van der Waals surface area (Å²) < 4.78 is 0. The first-order valence-corrected chi connectivity index (χ1v) is 6.57. The fourth-order valence-electron chi connectivity index (χ4n) is 1.92. The van der Waals surface area contributed by atoms with Gasteiger partial charge in [0.15, 0.2) is 0 Å². The summed E-state index contributed by atoms with van der Waals surface area (Å²) in [6, 6.07) is 7.70. The number of carbonyl (C=O) groups excluding carboxylic acids is 1. The van der Waals surface area contributed by atoms with E-state index in [1.54, 1.807) is 0 Å². The van der Waals surface area contributed by atoms with Gasteiger partial charge in [-0.1, -0.05) is 29.8 Å². The van der Waals surface area contributed by atoms with Crippen molar-refractivity contribution in [2.24, 2.45) is 0 Å². The van der Waals surface area contributed by atoms with Crippen LogP contribution >= 0.6 is 11.6 Å². The Balaban J connectivity index is 2.83. The van der Waals surface area contributed by atoms with Gasteiger partial charge >= 0.3 is 0 Å². The van der Waals surface area contributed by atoms with Crippen LogP contribution in [0, 0.1) is 6.92 Å². The van der Waals surface area contributed by atoms with Gasteiger partial charge < -0.3 is 15.5 Å². The van der Waals surface area contributed by atoms with Crippen molar-refractivity contribution in [3.63, 3.8) is 0 Å². The van der Waals surface area contributed by atoms with Gasteiger partial charge in [0.1, 0.15) is 0 Å². The van der Waals surface area contributed by atoms with Crippen LogP contribution in [0.3, 0.4) is 0 Å². The molecule has 1 aromatic rings. The molecule has 0 bridgehead atoms. The van der Waals surface area contributed by atoms with Gasteiger partial charge in [0.25, 0.3) is 0 Å². The number of nitrogens with one attached hydrogen (secondary N) is 1. The van der Waals surface area contributed by atoms with Crippen LogP contribution in [-0.4, -0.2) is 34.9 Å². The summed E-state index contributed by atoms with van der Waals surface area (Å²) in [5.74, 6) is -0.309. The first-order valence-electron chi connectivity index (χ1n) is 6.13. The minimum Gasteiger partial charge on any atom is -0.394 e. The quantitative estimate of drug-likeness (QED) is 0.694. The molecular weight excluding hydrogens is 266 g/mol. The molecule has 0 saturated heterocycles. The highest BCUT2D eigenvalue weighted by Crippen LogP contribution is 2.30. The molecule has 0 aliphatic rings. The molecule has 5 heteroatoms. The van der Waals surface area contributed by atoms with E-state index in [4.69, 9.17) is 11.6 Å². The largest absolute Gasteiger partial charge is 0.394 e. The molecule has 0 fully saturated rings. The molecule has 3 N–H and O–H groups in total. The average molecular weight is 286 g/mol. The highest BCUT2D eigenvalue weighted by molar-refractivity contribution is 6.20. The molecule has 1 amide bonds. The SMILES string of the molecule is CC(=O)NC(CO)(CO)CC(Cl)c1ccc(C)cc1. The molecule has 0 aliphatic carbocycles. The summed E-state index contributed by atoms with van der Waals surface area (Å²) in [4.78, 5) is 11.2. The highest BCUT2D eigenvalue weighted by atomic mass is 35.5. The first kappa shape index (κ1) is 16.0. The maximum absolute atomic E-state index is 11.2. The van der Waals surface area contributed by atoms with E-state index in [-0.39, 0.29) is 25.5 Å². The van der Waals surface area contributed by atoms with Gasteiger partial charge in [-0.2, -0.15) is 0 Å². The molecule has 0 saturated carbocycles. The molecule has 0 radical (unpaired) electrons. The van der Waals surface area contributed by atoms with Gasteiger partial charge in [0, 0.05) is 6.92 Å². The number of aliphatic hydroxyl groups excluding tert-OH is 2. The van der Waals surface area contributed by atoms with Crippen molar-refractivity contribution in [3.05, 3.63) is 35.4 Å². The number of rotatable bonds is 6. The fraction of sp³-hybridized carbons (Fsp3) is 0.500. The molecule has 1 unspecified atom stereocenters. The molecule has 1 rings (SSSR count). The first-order chi connectivity index (χ1) is 8.92. The van der Waals surface area contributed by atoms with E-state index < -0.39 is 10.9 Å². The second kappa shape index (κ2) is 6.89. The van der Waals surface area contributed by atoms with Crippen LogP contribution < -0.4 is 5.32 Å². The molecule has 1 atom stereocenters. The van der Waals surface area contributed by atoms with Crippen LogP contribution in [0.2, 0.25) is 0 Å². The molecule has 1 aromatic carbocycles. The van der Waals surface area contributed by atoms with E-state index in [9.17, 15) is 15.0 Å². The molecule has 4 nitrogen and oxygen atoms in total. The van der Waals surface area contributed by atoms with Gasteiger partial charge in [0.2, 0.25) is 5.91 Å². The number of alkyl halides is 1. The summed E-state index contributed by atoms with van der Waals surface area (Å²) in [5, 5.41) is 21.0. The van der Waals surface area contributed by atoms with E-state index in [0.29, 0.717) is 0 Å². The van der Waals surface area contributed by atoms with Gasteiger partial charge in [0.05, 0.1) is 24.1 Å². The van der Waals surface area contributed by atoms with Crippen molar-refractivity contribution in [1.29, 1.82) is 0 Å². The van der Waals surface area contributed by atoms with E-state index in [0.717, 1.165) is 11.1 Å². The van der Waals surface area contributed by atoms with Crippen molar-refractivity contribution in [2.45, 2.75) is 31.2 Å². The second-order valence-corrected chi connectivity index (χ2v) is 5.39. The number of benzene rings is 1. The normalized spacial score (nSPS) is 13.1. The number of hydrogen-bond acceptors (Lipinski definition) is 3. The number of amides is 1. The van der Waals surface area contributed by atoms with Crippen LogP contribution in [0.1, 0.15) is 29.8 Å². The second-order valence-electron chi connectivity index (χ2n) is 4.86. The minimum absolute atomic E-state index is 0.254. The van der Waals surface area contributed by atoms with E-state index in [1.807, 2.05) is 31.2 Å². The van der Waals surface area contributed by atoms with Crippen LogP contribution in [-0.2, 0) is 4.79 Å². The van der Waals surface area contributed by atoms with Crippen molar-refractivity contribution in [2.75, 3.05) is 13.2 Å². The number of halogens is 1. The van der Waals surface area contributed by atoms with Gasteiger partial charge in [-0.25, -0.2) is 0 Å². The average Bonchev–Trinajstić information content (AvgIpc) is 2.38. The summed E-state index contributed by atoms with van der Waals surface area (Å²) >= 11 is 6.31. The van der Waals surface area contributed by atoms with Crippen molar-refractivity contribution in [1.82, 2.24) is 5.32 Å². The lowest BCUT2D eigenvalue weighted by Crippen LogP contribution is -2.54. The smallest absolute Gasteiger partial charge is 0.217 e.